The van der Waals surface area contributed by atoms with Gasteiger partial charge in [-0.15, -0.1) is 0 Å². The number of nitrogens with zero attached hydrogens (tertiary/aromatic N) is 1. The molecule has 4 atom stereocenters. The highest BCUT2D eigenvalue weighted by atomic mass is 31.2. The maximum absolute atomic E-state index is 12.7. The summed E-state index contributed by atoms with van der Waals surface area (Å²) in [4.78, 5) is 25.1. The predicted molar refractivity (Wildman–Crippen MR) is 202 cm³/mol. The van der Waals surface area contributed by atoms with E-state index in [0.29, 0.717) is 23.9 Å². The topological polar surface area (TPSA) is 128 Å². The normalized spacial score (nSPS) is 16.2. The second kappa shape index (κ2) is 30.7. The molecule has 0 bridgehead atoms. The fourth-order valence-corrected chi connectivity index (χ4v) is 5.23. The van der Waals surface area contributed by atoms with Gasteiger partial charge in [0.05, 0.1) is 39.9 Å². The molecule has 0 aromatic heterocycles. The van der Waals surface area contributed by atoms with Gasteiger partial charge in [0.25, 0.3) is 7.82 Å². The van der Waals surface area contributed by atoms with Crippen molar-refractivity contribution in [1.82, 2.24) is 5.32 Å². The van der Waals surface area contributed by atoms with Crippen molar-refractivity contribution in [3.05, 3.63) is 72.9 Å². The lowest BCUT2D eigenvalue weighted by molar-refractivity contribution is -0.870. The van der Waals surface area contributed by atoms with E-state index in [1.54, 1.807) is 0 Å². The zero-order valence-corrected chi connectivity index (χ0v) is 32.1. The molecule has 0 aromatic rings. The highest BCUT2D eigenvalue weighted by Gasteiger charge is 2.29. The fraction of sp³-hybridized carbons (Fsp3) is 0.667. The van der Waals surface area contributed by atoms with Gasteiger partial charge in [-0.2, -0.15) is 0 Å². The monoisotopic (exact) mass is 708 g/mol. The number of carbonyl (C=O) groups is 1. The van der Waals surface area contributed by atoms with E-state index in [-0.39, 0.29) is 25.4 Å². The Morgan fingerprint density at radius 3 is 1.86 bits per heavy atom. The Bertz CT molecular complexity index is 1050. The number of amides is 1. The fourth-order valence-electron chi connectivity index (χ4n) is 4.51. The van der Waals surface area contributed by atoms with Gasteiger partial charge >= 0.3 is 0 Å². The first kappa shape index (κ1) is 46.9. The lowest BCUT2D eigenvalue weighted by Crippen LogP contribution is -2.51. The number of nitrogens with one attached hydrogen (secondary N) is 1. The van der Waals surface area contributed by atoms with Crippen LogP contribution in [0.1, 0.15) is 110 Å². The third-order valence-corrected chi connectivity index (χ3v) is 8.48. The first-order valence-electron chi connectivity index (χ1n) is 18.4. The molecular weight excluding hydrogens is 639 g/mol. The zero-order chi connectivity index (χ0) is 36.6. The molecule has 0 aliphatic carbocycles. The Kier molecular flexibility index (Phi) is 29.4. The number of aliphatic hydroxyl groups is 2. The molecule has 9 nitrogen and oxygen atoms in total. The highest BCUT2D eigenvalue weighted by molar-refractivity contribution is 7.45. The number of aliphatic hydroxyl groups excluding tert-OH is 2. The molecule has 0 heterocycles. The van der Waals surface area contributed by atoms with Crippen LogP contribution in [-0.2, 0) is 18.4 Å². The molecule has 282 valence electrons. The summed E-state index contributed by atoms with van der Waals surface area (Å²) in [5.74, 6) is -0.378. The second-order valence-electron chi connectivity index (χ2n) is 13.3. The third kappa shape index (κ3) is 31.6. The van der Waals surface area contributed by atoms with Crippen LogP contribution in [0.5, 0.6) is 0 Å². The van der Waals surface area contributed by atoms with Gasteiger partial charge in [-0.25, -0.2) is 0 Å². The lowest BCUT2D eigenvalue weighted by atomic mass is 10.0. The van der Waals surface area contributed by atoms with Crippen molar-refractivity contribution >= 4 is 13.7 Å². The number of rotatable bonds is 31. The van der Waals surface area contributed by atoms with Gasteiger partial charge in [0.15, 0.2) is 0 Å². The van der Waals surface area contributed by atoms with Crippen LogP contribution in [-0.4, -0.2) is 79.8 Å². The van der Waals surface area contributed by atoms with Gasteiger partial charge < -0.3 is 34.0 Å². The minimum Gasteiger partial charge on any atom is -0.756 e. The number of quaternary nitrogens is 1. The molecule has 0 rings (SSSR count). The van der Waals surface area contributed by atoms with Crippen molar-refractivity contribution in [2.45, 2.75) is 128 Å². The molecule has 0 spiro atoms. The third-order valence-electron chi connectivity index (χ3n) is 7.51. The predicted octanol–water partition coefficient (Wildman–Crippen LogP) is 7.63. The number of phosphoric acid groups is 1. The molecule has 4 unspecified atom stereocenters. The SMILES string of the molecule is CC/C=C\C/C=C\C/C=C\C/C=C\CCC(=O)NC(COP(=O)([O-])OCC[N+](C)(C)C)C(O)C(O)CCC/C=C/CC/C=C/CCCCC. The van der Waals surface area contributed by atoms with Gasteiger partial charge in [-0.05, 0) is 77.0 Å². The summed E-state index contributed by atoms with van der Waals surface area (Å²) in [6, 6.07) is -1.14. The van der Waals surface area contributed by atoms with Gasteiger partial charge in [-0.3, -0.25) is 9.36 Å². The molecule has 0 aromatic carbocycles. The molecule has 0 aliphatic heterocycles. The van der Waals surface area contributed by atoms with Crippen LogP contribution in [0.4, 0.5) is 0 Å². The van der Waals surface area contributed by atoms with Crippen LogP contribution in [0, 0.1) is 0 Å². The average molecular weight is 709 g/mol. The Hall–Kier alpha value is -2.10. The lowest BCUT2D eigenvalue weighted by Gasteiger charge is -2.31. The van der Waals surface area contributed by atoms with E-state index < -0.39 is 32.7 Å². The van der Waals surface area contributed by atoms with E-state index in [1.807, 2.05) is 33.3 Å². The molecule has 0 radical (unpaired) electrons. The Balaban J connectivity index is 4.87. The van der Waals surface area contributed by atoms with Gasteiger partial charge in [0.2, 0.25) is 5.91 Å². The minimum absolute atomic E-state index is 0.0654. The standard InChI is InChI=1S/C39H69N2O7P/c1-6-8-10-12-14-16-18-20-22-24-26-28-30-32-38(43)40-36(35-48-49(45,46)47-34-33-41(3,4)5)39(44)37(42)31-29-27-25-23-21-19-17-15-13-11-9-7-2/h8,10,14-17,20,22-23,25-26,28,36-37,39,42,44H,6-7,9,11-13,18-19,21,24,27,29-35H2,1-5H3,(H-,40,43,45,46)/b10-8-,16-14-,17-15+,22-20-,25-23+,28-26-. The summed E-state index contributed by atoms with van der Waals surface area (Å²) in [6.45, 7) is 4.15. The van der Waals surface area contributed by atoms with E-state index in [1.165, 1.54) is 19.3 Å². The maximum Gasteiger partial charge on any atom is 0.268 e. The average Bonchev–Trinajstić information content (AvgIpc) is 3.04. The summed E-state index contributed by atoms with van der Waals surface area (Å²) in [5, 5.41) is 24.3. The Morgan fingerprint density at radius 1 is 0.755 bits per heavy atom. The smallest absolute Gasteiger partial charge is 0.268 e. The highest BCUT2D eigenvalue weighted by Crippen LogP contribution is 2.38. The van der Waals surface area contributed by atoms with E-state index in [9.17, 15) is 24.5 Å². The molecule has 10 heteroatoms. The first-order valence-corrected chi connectivity index (χ1v) is 19.8. The van der Waals surface area contributed by atoms with Crippen molar-refractivity contribution in [3.63, 3.8) is 0 Å². The number of phosphoric ester groups is 1. The van der Waals surface area contributed by atoms with Crippen LogP contribution in [0.3, 0.4) is 0 Å². The van der Waals surface area contributed by atoms with Crippen molar-refractivity contribution in [2.24, 2.45) is 0 Å². The van der Waals surface area contributed by atoms with Gasteiger partial charge in [-0.1, -0.05) is 99.6 Å². The largest absolute Gasteiger partial charge is 0.756 e. The Morgan fingerprint density at radius 2 is 1.29 bits per heavy atom. The molecule has 0 saturated carbocycles. The van der Waals surface area contributed by atoms with Crippen LogP contribution in [0.2, 0.25) is 0 Å². The van der Waals surface area contributed by atoms with Crippen LogP contribution < -0.4 is 10.2 Å². The number of carbonyl (C=O) groups excluding carboxylic acids is 1. The first-order chi connectivity index (χ1) is 23.4. The molecule has 3 N–H and O–H groups in total. The second-order valence-corrected chi connectivity index (χ2v) is 14.7. The number of allylic oxidation sites excluding steroid dienone is 12. The van der Waals surface area contributed by atoms with Crippen molar-refractivity contribution in [2.75, 3.05) is 40.9 Å². The van der Waals surface area contributed by atoms with Crippen molar-refractivity contribution in [1.29, 1.82) is 0 Å². The van der Waals surface area contributed by atoms with Crippen LogP contribution in [0.15, 0.2) is 72.9 Å². The summed E-state index contributed by atoms with van der Waals surface area (Å²) >= 11 is 0. The maximum atomic E-state index is 12.7. The van der Waals surface area contributed by atoms with Crippen molar-refractivity contribution in [3.8, 4) is 0 Å². The quantitative estimate of drug-likeness (QED) is 0.0293. The van der Waals surface area contributed by atoms with Crippen LogP contribution in [0.25, 0.3) is 0 Å². The molecule has 1 amide bonds. The van der Waals surface area contributed by atoms with E-state index in [0.717, 1.165) is 51.4 Å². The van der Waals surface area contributed by atoms with E-state index in [2.05, 4.69) is 79.9 Å². The molecule has 0 fully saturated rings. The minimum atomic E-state index is -4.69. The van der Waals surface area contributed by atoms with Gasteiger partial charge in [0, 0.05) is 6.42 Å². The number of hydrogen-bond donors (Lipinski definition) is 3. The summed E-state index contributed by atoms with van der Waals surface area (Å²) in [5.41, 5.74) is 0. The summed E-state index contributed by atoms with van der Waals surface area (Å²) in [7, 11) is 1.04. The number of hydrogen-bond acceptors (Lipinski definition) is 7. The number of unbranched alkanes of at least 4 members (excludes halogenated alkanes) is 5. The van der Waals surface area contributed by atoms with Gasteiger partial charge in [0.1, 0.15) is 19.3 Å². The van der Waals surface area contributed by atoms with E-state index >= 15 is 0 Å². The molecule has 0 saturated heterocycles. The van der Waals surface area contributed by atoms with Crippen molar-refractivity contribution < 1.29 is 38.0 Å². The van der Waals surface area contributed by atoms with E-state index in [4.69, 9.17) is 9.05 Å². The summed E-state index contributed by atoms with van der Waals surface area (Å²) < 4.78 is 22.9. The molecule has 49 heavy (non-hydrogen) atoms. The zero-order valence-electron chi connectivity index (χ0n) is 31.2. The molecule has 0 aliphatic rings. The summed E-state index contributed by atoms with van der Waals surface area (Å²) in [6.07, 6.45) is 35.4. The molecular formula is C39H69N2O7P. The number of likely N-dealkylation sites (N-methyl/N-ethyl adjacent to an activating group) is 1. The van der Waals surface area contributed by atoms with Crippen LogP contribution >= 0.6 is 7.82 Å². The Labute approximate surface area is 298 Å².